The Labute approximate surface area is 213 Å². The second-order valence-electron chi connectivity index (χ2n) is 8.63. The number of β-amino-alcohol motifs (C(OH)–C–C–N with tert-alkyl or cyclic N) is 1. The van der Waals surface area contributed by atoms with E-state index in [2.05, 4.69) is 9.80 Å². The van der Waals surface area contributed by atoms with Gasteiger partial charge < -0.3 is 19.5 Å². The largest absolute Gasteiger partial charge is 0.495 e. The summed E-state index contributed by atoms with van der Waals surface area (Å²) in [4.78, 5) is 4.59. The summed E-state index contributed by atoms with van der Waals surface area (Å²) in [5, 5.41) is 11.0. The number of hydrogen-bond donors (Lipinski definition) is 1. The smallest absolute Gasteiger partial charge is 0.264 e. The molecular formula is C27H33N3O5S. The van der Waals surface area contributed by atoms with Crippen LogP contribution in [0, 0.1) is 0 Å². The van der Waals surface area contributed by atoms with E-state index in [1.807, 2.05) is 24.3 Å². The fourth-order valence-electron chi connectivity index (χ4n) is 4.49. The zero-order valence-electron chi connectivity index (χ0n) is 20.7. The number of nitrogens with zero attached hydrogens (tertiary/aromatic N) is 3. The van der Waals surface area contributed by atoms with Gasteiger partial charge in [0, 0.05) is 32.7 Å². The summed E-state index contributed by atoms with van der Waals surface area (Å²) in [6.45, 7) is 3.32. The number of benzene rings is 3. The SMILES string of the molecule is COc1ccccc1N1CCN(C[C@H](O)CN(c2ccccc2OC)S(=O)(=O)c2ccccc2)CC1. The van der Waals surface area contributed by atoms with E-state index in [-0.39, 0.29) is 11.4 Å². The lowest BCUT2D eigenvalue weighted by Gasteiger charge is -2.38. The Bertz CT molecular complexity index is 1230. The van der Waals surface area contributed by atoms with Gasteiger partial charge in [0.05, 0.1) is 43.1 Å². The van der Waals surface area contributed by atoms with Crippen LogP contribution in [-0.4, -0.2) is 78.0 Å². The Morgan fingerprint density at radius 1 is 0.833 bits per heavy atom. The molecule has 0 aliphatic carbocycles. The van der Waals surface area contributed by atoms with Crippen LogP contribution in [0.15, 0.2) is 83.8 Å². The van der Waals surface area contributed by atoms with Gasteiger partial charge in [-0.25, -0.2) is 8.42 Å². The van der Waals surface area contributed by atoms with Crippen LogP contribution in [-0.2, 0) is 10.0 Å². The number of rotatable bonds is 10. The summed E-state index contributed by atoms with van der Waals surface area (Å²) < 4.78 is 39.4. The molecule has 1 heterocycles. The minimum Gasteiger partial charge on any atom is -0.495 e. The molecule has 0 amide bonds. The highest BCUT2D eigenvalue weighted by Gasteiger charge is 2.30. The Morgan fingerprint density at radius 2 is 1.42 bits per heavy atom. The van der Waals surface area contributed by atoms with E-state index >= 15 is 0 Å². The van der Waals surface area contributed by atoms with E-state index in [4.69, 9.17) is 9.47 Å². The molecule has 8 nitrogen and oxygen atoms in total. The molecule has 36 heavy (non-hydrogen) atoms. The maximum Gasteiger partial charge on any atom is 0.264 e. The Kier molecular flexibility index (Phi) is 8.35. The standard InChI is InChI=1S/C27H33N3O5S/c1-34-26-14-8-6-12-24(26)29-18-16-28(17-19-29)20-22(31)21-30(25-13-7-9-15-27(25)35-2)36(32,33)23-10-4-3-5-11-23/h3-15,22,31H,16-21H2,1-2H3/t22-/m0/s1. The second kappa shape index (κ2) is 11.6. The first-order chi connectivity index (χ1) is 17.4. The third-order valence-electron chi connectivity index (χ3n) is 6.33. The Hall–Kier alpha value is -3.27. The lowest BCUT2D eigenvalue weighted by molar-refractivity contribution is 0.115. The van der Waals surface area contributed by atoms with Crippen molar-refractivity contribution < 1.29 is 23.0 Å². The molecule has 4 rings (SSSR count). The quantitative estimate of drug-likeness (QED) is 0.448. The number of ether oxygens (including phenoxy) is 2. The lowest BCUT2D eigenvalue weighted by atomic mass is 10.2. The predicted octanol–water partition coefficient (Wildman–Crippen LogP) is 3.08. The molecule has 0 aromatic heterocycles. The average molecular weight is 512 g/mol. The molecule has 1 N–H and O–H groups in total. The fraction of sp³-hybridized carbons (Fsp3) is 0.333. The van der Waals surface area contributed by atoms with Crippen molar-refractivity contribution in [1.29, 1.82) is 0 Å². The monoisotopic (exact) mass is 511 g/mol. The Balaban J connectivity index is 1.48. The molecule has 3 aromatic carbocycles. The average Bonchev–Trinajstić information content (AvgIpc) is 2.92. The van der Waals surface area contributed by atoms with Gasteiger partial charge in [0.1, 0.15) is 11.5 Å². The van der Waals surface area contributed by atoms with Gasteiger partial charge in [0.15, 0.2) is 0 Å². The number of hydrogen-bond acceptors (Lipinski definition) is 7. The van der Waals surface area contributed by atoms with E-state index in [1.165, 1.54) is 11.4 Å². The van der Waals surface area contributed by atoms with Gasteiger partial charge in [0.2, 0.25) is 0 Å². The van der Waals surface area contributed by atoms with E-state index < -0.39 is 16.1 Å². The summed E-state index contributed by atoms with van der Waals surface area (Å²) in [6, 6.07) is 23.1. The molecule has 0 spiro atoms. The second-order valence-corrected chi connectivity index (χ2v) is 10.5. The van der Waals surface area contributed by atoms with E-state index in [0.29, 0.717) is 18.0 Å². The first-order valence-corrected chi connectivity index (χ1v) is 13.4. The zero-order valence-corrected chi connectivity index (χ0v) is 21.5. The highest BCUT2D eigenvalue weighted by Crippen LogP contribution is 2.33. The first kappa shape index (κ1) is 25.8. The van der Waals surface area contributed by atoms with Crippen LogP contribution in [0.2, 0.25) is 0 Å². The molecule has 1 aliphatic heterocycles. The molecule has 192 valence electrons. The molecule has 0 radical (unpaired) electrons. The number of sulfonamides is 1. The van der Waals surface area contributed by atoms with E-state index in [0.717, 1.165) is 37.6 Å². The summed E-state index contributed by atoms with van der Waals surface area (Å²) in [6.07, 6.45) is -0.897. The topological polar surface area (TPSA) is 82.5 Å². The lowest BCUT2D eigenvalue weighted by Crippen LogP contribution is -2.50. The molecule has 1 atom stereocenters. The van der Waals surface area contributed by atoms with E-state index in [1.54, 1.807) is 61.7 Å². The number of piperazine rings is 1. The van der Waals surface area contributed by atoms with Crippen LogP contribution < -0.4 is 18.7 Å². The van der Waals surface area contributed by atoms with Gasteiger partial charge in [0.25, 0.3) is 10.0 Å². The molecule has 9 heteroatoms. The maximum absolute atomic E-state index is 13.6. The molecule has 3 aromatic rings. The van der Waals surface area contributed by atoms with Crippen molar-refractivity contribution in [2.24, 2.45) is 0 Å². The van der Waals surface area contributed by atoms with Gasteiger partial charge in [-0.2, -0.15) is 0 Å². The fourth-order valence-corrected chi connectivity index (χ4v) is 6.02. The van der Waals surface area contributed by atoms with Crippen molar-refractivity contribution in [3.63, 3.8) is 0 Å². The van der Waals surface area contributed by atoms with Gasteiger partial charge in [-0.15, -0.1) is 0 Å². The molecule has 0 saturated carbocycles. The van der Waals surface area contributed by atoms with Crippen LogP contribution in [0.5, 0.6) is 11.5 Å². The van der Waals surface area contributed by atoms with Crippen LogP contribution in [0.1, 0.15) is 0 Å². The molecule has 0 unspecified atom stereocenters. The van der Waals surface area contributed by atoms with Crippen molar-refractivity contribution in [2.45, 2.75) is 11.0 Å². The summed E-state index contributed by atoms with van der Waals surface area (Å²) in [7, 11) is -0.750. The third-order valence-corrected chi connectivity index (χ3v) is 8.12. The number of aliphatic hydroxyl groups is 1. The zero-order chi connectivity index (χ0) is 25.5. The molecule has 0 bridgehead atoms. The number of para-hydroxylation sites is 4. The molecular weight excluding hydrogens is 478 g/mol. The predicted molar refractivity (Wildman–Crippen MR) is 142 cm³/mol. The van der Waals surface area contributed by atoms with Crippen molar-refractivity contribution in [3.8, 4) is 11.5 Å². The first-order valence-electron chi connectivity index (χ1n) is 11.9. The number of aliphatic hydroxyl groups excluding tert-OH is 1. The maximum atomic E-state index is 13.6. The van der Waals surface area contributed by atoms with Crippen LogP contribution in [0.4, 0.5) is 11.4 Å². The minimum absolute atomic E-state index is 0.0929. The molecule has 1 aliphatic rings. The minimum atomic E-state index is -3.92. The van der Waals surface area contributed by atoms with Crippen LogP contribution in [0.25, 0.3) is 0 Å². The summed E-state index contributed by atoms with van der Waals surface area (Å²) in [5.74, 6) is 1.26. The Morgan fingerprint density at radius 3 is 2.08 bits per heavy atom. The molecule has 1 saturated heterocycles. The molecule has 1 fully saturated rings. The van der Waals surface area contributed by atoms with Crippen LogP contribution in [0.3, 0.4) is 0 Å². The highest BCUT2D eigenvalue weighted by molar-refractivity contribution is 7.92. The van der Waals surface area contributed by atoms with Crippen molar-refractivity contribution >= 4 is 21.4 Å². The van der Waals surface area contributed by atoms with Crippen molar-refractivity contribution in [1.82, 2.24) is 4.90 Å². The van der Waals surface area contributed by atoms with Gasteiger partial charge in [-0.3, -0.25) is 9.21 Å². The van der Waals surface area contributed by atoms with Gasteiger partial charge in [-0.1, -0.05) is 42.5 Å². The van der Waals surface area contributed by atoms with E-state index in [9.17, 15) is 13.5 Å². The highest BCUT2D eigenvalue weighted by atomic mass is 32.2. The van der Waals surface area contributed by atoms with Gasteiger partial charge >= 0.3 is 0 Å². The van der Waals surface area contributed by atoms with Crippen molar-refractivity contribution in [2.75, 3.05) is 62.7 Å². The summed E-state index contributed by atoms with van der Waals surface area (Å²) in [5.41, 5.74) is 1.44. The van der Waals surface area contributed by atoms with Crippen LogP contribution >= 0.6 is 0 Å². The van der Waals surface area contributed by atoms with Gasteiger partial charge in [-0.05, 0) is 36.4 Å². The number of anilines is 2. The summed E-state index contributed by atoms with van der Waals surface area (Å²) >= 11 is 0. The third kappa shape index (κ3) is 5.75. The normalized spacial score (nSPS) is 15.4. The van der Waals surface area contributed by atoms with Crippen molar-refractivity contribution in [3.05, 3.63) is 78.9 Å². The number of methoxy groups -OCH3 is 2.